The first kappa shape index (κ1) is 22.7. The standard InChI is InChI=1S/C18H17F5N6O4/c1-8-25-10(9-5-24-14(31)27-13(9)30)4-12(26-8)29-6-11(17(19,20)7-29)33-15(32)28-16(2-3-16)18(21,22)23/h4-5,11H,2-3,6-7H2,1H3,(H,28,32)(H2,24,27,30,31). The van der Waals surface area contributed by atoms with Gasteiger partial charge >= 0.3 is 23.9 Å². The average molecular weight is 476 g/mol. The topological polar surface area (TPSA) is 133 Å². The van der Waals surface area contributed by atoms with Gasteiger partial charge in [-0.15, -0.1) is 0 Å². The van der Waals surface area contributed by atoms with Gasteiger partial charge in [-0.25, -0.2) is 28.3 Å². The van der Waals surface area contributed by atoms with Gasteiger partial charge in [0.1, 0.15) is 17.2 Å². The van der Waals surface area contributed by atoms with Crippen molar-refractivity contribution in [3.8, 4) is 11.3 Å². The quantitative estimate of drug-likeness (QED) is 0.570. The minimum atomic E-state index is -4.72. The van der Waals surface area contributed by atoms with Crippen LogP contribution >= 0.6 is 0 Å². The molecule has 3 N–H and O–H groups in total. The zero-order valence-electron chi connectivity index (χ0n) is 16.9. The molecule has 178 valence electrons. The number of aryl methyl sites for hydroxylation is 1. The number of ether oxygens (including phenoxy) is 1. The van der Waals surface area contributed by atoms with E-state index in [9.17, 15) is 36.3 Å². The van der Waals surface area contributed by atoms with Gasteiger partial charge in [0.05, 0.1) is 24.3 Å². The van der Waals surface area contributed by atoms with E-state index in [1.54, 1.807) is 5.32 Å². The molecule has 0 bridgehead atoms. The Morgan fingerprint density at radius 2 is 1.97 bits per heavy atom. The molecule has 1 atom stereocenters. The highest BCUT2D eigenvalue weighted by atomic mass is 19.4. The smallest absolute Gasteiger partial charge is 0.411 e. The van der Waals surface area contributed by atoms with Crippen LogP contribution in [0.1, 0.15) is 18.7 Å². The van der Waals surface area contributed by atoms with Crippen molar-refractivity contribution in [1.29, 1.82) is 0 Å². The Morgan fingerprint density at radius 3 is 2.58 bits per heavy atom. The van der Waals surface area contributed by atoms with E-state index in [4.69, 9.17) is 0 Å². The van der Waals surface area contributed by atoms with Crippen LogP contribution in [0.15, 0.2) is 21.9 Å². The molecule has 0 spiro atoms. The Bertz CT molecular complexity index is 1210. The number of hydrogen-bond donors (Lipinski definition) is 3. The third-order valence-electron chi connectivity index (χ3n) is 5.39. The van der Waals surface area contributed by atoms with E-state index in [0.717, 1.165) is 11.1 Å². The molecule has 2 aromatic rings. The fraction of sp³-hybridized carbons (Fsp3) is 0.500. The number of alkyl halides is 5. The minimum Gasteiger partial charge on any atom is -0.438 e. The monoisotopic (exact) mass is 476 g/mol. The second kappa shape index (κ2) is 7.52. The van der Waals surface area contributed by atoms with Crippen molar-refractivity contribution in [2.45, 2.75) is 43.5 Å². The first-order valence-electron chi connectivity index (χ1n) is 9.66. The van der Waals surface area contributed by atoms with Gasteiger partial charge in [0.2, 0.25) is 0 Å². The third kappa shape index (κ3) is 4.39. The van der Waals surface area contributed by atoms with Gasteiger partial charge in [0, 0.05) is 12.3 Å². The molecule has 1 unspecified atom stereocenters. The van der Waals surface area contributed by atoms with E-state index in [1.807, 2.05) is 4.98 Å². The molecule has 1 aliphatic carbocycles. The number of alkyl carbamates (subject to hydrolysis) is 1. The Hall–Kier alpha value is -3.52. The van der Waals surface area contributed by atoms with Gasteiger partial charge in [-0.2, -0.15) is 13.2 Å². The highest BCUT2D eigenvalue weighted by Gasteiger charge is 2.65. The van der Waals surface area contributed by atoms with Gasteiger partial charge in [-0.05, 0) is 19.8 Å². The zero-order chi connectivity index (χ0) is 24.2. The molecule has 1 saturated carbocycles. The number of hydrogen-bond acceptors (Lipinski definition) is 7. The lowest BCUT2D eigenvalue weighted by molar-refractivity contribution is -0.165. The maximum atomic E-state index is 14.5. The summed E-state index contributed by atoms with van der Waals surface area (Å²) in [6.07, 6.45) is -7.94. The Kier molecular flexibility index (Phi) is 5.16. The molecular formula is C18H17F5N6O4. The Balaban J connectivity index is 1.53. The second-order valence-electron chi connectivity index (χ2n) is 7.88. The molecule has 2 aliphatic rings. The number of amides is 1. The minimum absolute atomic E-state index is 0.0248. The fourth-order valence-electron chi connectivity index (χ4n) is 3.46. The Morgan fingerprint density at radius 1 is 1.27 bits per heavy atom. The van der Waals surface area contributed by atoms with Gasteiger partial charge in [-0.1, -0.05) is 0 Å². The van der Waals surface area contributed by atoms with Gasteiger partial charge in [0.25, 0.3) is 5.56 Å². The molecule has 1 aliphatic heterocycles. The predicted octanol–water partition coefficient (Wildman–Crippen LogP) is 1.47. The number of carbonyl (C=O) groups is 1. The number of anilines is 1. The molecule has 3 heterocycles. The number of H-pyrrole nitrogens is 2. The summed E-state index contributed by atoms with van der Waals surface area (Å²) in [5, 5.41) is 1.65. The van der Waals surface area contributed by atoms with Crippen molar-refractivity contribution in [3.05, 3.63) is 38.9 Å². The summed E-state index contributed by atoms with van der Waals surface area (Å²) in [6, 6.07) is 1.23. The van der Waals surface area contributed by atoms with Crippen LogP contribution in [0.25, 0.3) is 11.3 Å². The van der Waals surface area contributed by atoms with Crippen molar-refractivity contribution in [3.63, 3.8) is 0 Å². The summed E-state index contributed by atoms with van der Waals surface area (Å²) in [5.74, 6) is -3.48. The zero-order valence-corrected chi connectivity index (χ0v) is 16.9. The number of rotatable bonds is 4. The van der Waals surface area contributed by atoms with Crippen LogP contribution in [-0.2, 0) is 4.74 Å². The maximum absolute atomic E-state index is 14.5. The van der Waals surface area contributed by atoms with Crippen molar-refractivity contribution in [2.24, 2.45) is 0 Å². The molecule has 0 radical (unpaired) electrons. The van der Waals surface area contributed by atoms with Crippen LogP contribution in [0.4, 0.5) is 32.6 Å². The first-order chi connectivity index (χ1) is 15.3. The Labute approximate surface area is 181 Å². The molecule has 0 aromatic carbocycles. The molecule has 10 nitrogen and oxygen atoms in total. The number of nitrogens with one attached hydrogen (secondary N) is 3. The molecule has 1 saturated heterocycles. The average Bonchev–Trinajstić information content (AvgIpc) is 3.40. The van der Waals surface area contributed by atoms with Crippen LogP contribution in [-0.4, -0.2) is 62.9 Å². The number of aromatic amines is 2. The van der Waals surface area contributed by atoms with Crippen molar-refractivity contribution < 1.29 is 31.5 Å². The first-order valence-corrected chi connectivity index (χ1v) is 9.66. The van der Waals surface area contributed by atoms with Crippen molar-refractivity contribution in [2.75, 3.05) is 18.0 Å². The molecule has 2 aromatic heterocycles. The van der Waals surface area contributed by atoms with E-state index >= 15 is 0 Å². The lowest BCUT2D eigenvalue weighted by Gasteiger charge is -2.23. The number of nitrogens with zero attached hydrogens (tertiary/aromatic N) is 3. The second-order valence-corrected chi connectivity index (χ2v) is 7.88. The third-order valence-corrected chi connectivity index (χ3v) is 5.39. The van der Waals surface area contributed by atoms with Crippen molar-refractivity contribution >= 4 is 11.9 Å². The highest BCUT2D eigenvalue weighted by molar-refractivity contribution is 5.70. The summed E-state index contributed by atoms with van der Waals surface area (Å²) in [6.45, 7) is -0.0424. The highest BCUT2D eigenvalue weighted by Crippen LogP contribution is 2.49. The van der Waals surface area contributed by atoms with E-state index in [-0.39, 0.29) is 35.7 Å². The molecule has 15 heteroatoms. The largest absolute Gasteiger partial charge is 0.438 e. The molecule has 2 fully saturated rings. The van der Waals surface area contributed by atoms with Crippen LogP contribution in [0.5, 0.6) is 0 Å². The molecule has 4 rings (SSSR count). The SMILES string of the molecule is Cc1nc(-c2c[nH]c(=O)[nH]c2=O)cc(N2CC(OC(=O)NC3(C(F)(F)F)CC3)C(F)(F)C2)n1. The summed E-state index contributed by atoms with van der Waals surface area (Å²) < 4.78 is 72.6. The molecular weight excluding hydrogens is 459 g/mol. The van der Waals surface area contributed by atoms with Gasteiger partial charge in [-0.3, -0.25) is 9.78 Å². The normalized spacial score (nSPS) is 21.0. The maximum Gasteiger partial charge on any atom is 0.411 e. The summed E-state index contributed by atoms with van der Waals surface area (Å²) in [7, 11) is 0. The van der Waals surface area contributed by atoms with Crippen LogP contribution < -0.4 is 21.5 Å². The van der Waals surface area contributed by atoms with Gasteiger partial charge in [0.15, 0.2) is 6.10 Å². The van der Waals surface area contributed by atoms with Crippen LogP contribution in [0, 0.1) is 6.92 Å². The number of carbonyl (C=O) groups excluding carboxylic acids is 1. The van der Waals surface area contributed by atoms with Crippen LogP contribution in [0.2, 0.25) is 0 Å². The van der Waals surface area contributed by atoms with Gasteiger partial charge < -0.3 is 19.9 Å². The lowest BCUT2D eigenvalue weighted by Crippen LogP contribution is -2.50. The summed E-state index contributed by atoms with van der Waals surface area (Å²) in [4.78, 5) is 48.6. The number of halogens is 5. The van der Waals surface area contributed by atoms with E-state index in [2.05, 4.69) is 19.7 Å². The summed E-state index contributed by atoms with van der Waals surface area (Å²) in [5.41, 5.74) is -3.94. The fourth-order valence-corrected chi connectivity index (χ4v) is 3.46. The summed E-state index contributed by atoms with van der Waals surface area (Å²) >= 11 is 0. The van der Waals surface area contributed by atoms with E-state index in [0.29, 0.717) is 0 Å². The van der Waals surface area contributed by atoms with Crippen LogP contribution in [0.3, 0.4) is 0 Å². The van der Waals surface area contributed by atoms with E-state index in [1.165, 1.54) is 13.0 Å². The van der Waals surface area contributed by atoms with E-state index < -0.39 is 54.2 Å². The molecule has 1 amide bonds. The molecule has 33 heavy (non-hydrogen) atoms. The lowest BCUT2D eigenvalue weighted by atomic mass is 10.2. The number of aromatic nitrogens is 4. The van der Waals surface area contributed by atoms with Crippen molar-refractivity contribution in [1.82, 2.24) is 25.3 Å². The predicted molar refractivity (Wildman–Crippen MR) is 102 cm³/mol.